The molecule has 4 N–H and O–H groups in total. The van der Waals surface area contributed by atoms with Crippen LogP contribution < -0.4 is 21.7 Å². The number of hydrogen-bond donors (Lipinski definition) is 4. The Morgan fingerprint density at radius 1 is 0.867 bits per heavy atom. The first-order chi connectivity index (χ1) is 6.64. The third-order valence-corrected chi connectivity index (χ3v) is 2.01. The van der Waals surface area contributed by atoms with Crippen LogP contribution in [0, 0.1) is 0 Å². The lowest BCUT2D eigenvalue weighted by Crippen LogP contribution is -2.53. The summed E-state index contributed by atoms with van der Waals surface area (Å²) in [6.45, 7) is 12.7. The Balaban J connectivity index is 3.97. The van der Waals surface area contributed by atoms with Gasteiger partial charge in [0.1, 0.15) is 5.82 Å². The van der Waals surface area contributed by atoms with E-state index in [1.807, 2.05) is 0 Å². The molecule has 0 amide bonds. The van der Waals surface area contributed by atoms with Gasteiger partial charge in [-0.1, -0.05) is 5.70 Å². The van der Waals surface area contributed by atoms with Crippen molar-refractivity contribution >= 4 is 10.2 Å². The molecule has 5 heteroatoms. The highest BCUT2D eigenvalue weighted by molar-refractivity contribution is 6.17. The largest absolute Gasteiger partial charge is 0.307 e. The van der Waals surface area contributed by atoms with Gasteiger partial charge in [-0.3, -0.25) is 0 Å². The van der Waals surface area contributed by atoms with Gasteiger partial charge in [-0.05, 0) is 41.5 Å². The van der Waals surface area contributed by atoms with Crippen molar-refractivity contribution in [1.29, 1.82) is 0 Å². The zero-order valence-electron chi connectivity index (χ0n) is 11.1. The van der Waals surface area contributed by atoms with Gasteiger partial charge < -0.3 is 10.9 Å². The van der Waals surface area contributed by atoms with Crippen molar-refractivity contribution in [1.82, 2.24) is 21.7 Å². The van der Waals surface area contributed by atoms with Crippen LogP contribution in [0.2, 0.25) is 0 Å². The average Bonchev–Trinajstić information content (AvgIpc) is 2.00. The summed E-state index contributed by atoms with van der Waals surface area (Å²) in [5, 5.41) is 0. The summed E-state index contributed by atoms with van der Waals surface area (Å²) in [7, 11) is 1.01. The minimum absolute atomic E-state index is 0.0548. The lowest BCUT2D eigenvalue weighted by atomic mass is 10.1. The molecule has 0 atom stereocenters. The lowest BCUT2D eigenvalue weighted by Gasteiger charge is -2.27. The van der Waals surface area contributed by atoms with Gasteiger partial charge in [0.2, 0.25) is 0 Å². The van der Waals surface area contributed by atoms with Gasteiger partial charge in [0, 0.05) is 21.3 Å². The van der Waals surface area contributed by atoms with Gasteiger partial charge in [-0.2, -0.15) is 0 Å². The second kappa shape index (κ2) is 5.53. The fraction of sp³-hybridized carbons (Fsp3) is 0.800. The topological polar surface area (TPSA) is 48.1 Å². The van der Waals surface area contributed by atoms with E-state index in [4.69, 9.17) is 0 Å². The minimum Gasteiger partial charge on any atom is -0.307 e. The Morgan fingerprint density at radius 3 is 1.40 bits per heavy atom. The first-order valence-corrected chi connectivity index (χ1v) is 6.52. The molecule has 90 valence electrons. The van der Waals surface area contributed by atoms with E-state index in [9.17, 15) is 0 Å². The highest BCUT2D eigenvalue weighted by Gasteiger charge is 2.11. The van der Waals surface area contributed by atoms with Gasteiger partial charge in [-0.15, -0.1) is 0 Å². The Labute approximate surface area is 96.6 Å². The molecular formula is C10H26N4Si. The quantitative estimate of drug-likeness (QED) is 0.404. The molecule has 0 unspecified atom stereocenters. The Bertz CT molecular complexity index is 192. The smallest absolute Gasteiger partial charge is 0.119 e. The van der Waals surface area contributed by atoms with Crippen molar-refractivity contribution in [3.05, 3.63) is 11.5 Å². The fourth-order valence-electron chi connectivity index (χ4n) is 0.685. The summed E-state index contributed by atoms with van der Waals surface area (Å²) in [6.07, 6.45) is 0. The van der Waals surface area contributed by atoms with E-state index in [0.717, 1.165) is 16.1 Å². The summed E-state index contributed by atoms with van der Waals surface area (Å²) in [5.41, 5.74) is 14.9. The molecule has 0 aliphatic rings. The van der Waals surface area contributed by atoms with E-state index in [2.05, 4.69) is 68.9 Å². The zero-order valence-corrected chi connectivity index (χ0v) is 13.1. The molecule has 15 heavy (non-hydrogen) atoms. The van der Waals surface area contributed by atoms with Crippen molar-refractivity contribution in [2.75, 3.05) is 0 Å². The third-order valence-electron chi connectivity index (χ3n) is 1.43. The maximum absolute atomic E-state index is 3.21. The van der Waals surface area contributed by atoms with Crippen LogP contribution in [0.3, 0.4) is 0 Å². The lowest BCUT2D eigenvalue weighted by molar-refractivity contribution is 0.336. The highest BCUT2D eigenvalue weighted by Crippen LogP contribution is 1.98. The van der Waals surface area contributed by atoms with Crippen LogP contribution in [-0.4, -0.2) is 21.3 Å². The third kappa shape index (κ3) is 9.77. The van der Waals surface area contributed by atoms with Gasteiger partial charge in [-0.25, -0.2) is 10.9 Å². The molecule has 4 nitrogen and oxygen atoms in total. The van der Waals surface area contributed by atoms with Crippen LogP contribution in [-0.2, 0) is 0 Å². The molecule has 0 aromatic rings. The normalized spacial score (nSPS) is 12.4. The summed E-state index contributed by atoms with van der Waals surface area (Å²) in [6, 6.07) is 0. The van der Waals surface area contributed by atoms with Gasteiger partial charge in [0.05, 0.1) is 0 Å². The minimum atomic E-state index is 0.0548. The number of hydrazine groups is 2. The van der Waals surface area contributed by atoms with E-state index in [1.54, 1.807) is 0 Å². The van der Waals surface area contributed by atoms with Crippen LogP contribution in [0.25, 0.3) is 0 Å². The molecule has 0 spiro atoms. The molecule has 0 heterocycles. The molecule has 0 fully saturated rings. The van der Waals surface area contributed by atoms with E-state index < -0.39 is 0 Å². The molecule has 0 saturated carbocycles. The second-order valence-corrected chi connectivity index (χ2v) is 6.28. The molecule has 0 radical (unpaired) electrons. The number of hydrogen-bond acceptors (Lipinski definition) is 4. The summed E-state index contributed by atoms with van der Waals surface area (Å²) in [4.78, 5) is 0. The standard InChI is InChI=1S/C10H26N4Si/c1-9(2,3)13-11-8(7-15)12-14-10(4,5)6/h7,11-14H,1-6,15H3. The Hall–Kier alpha value is -0.523. The Kier molecular flexibility index (Phi) is 5.34. The van der Waals surface area contributed by atoms with Crippen molar-refractivity contribution in [2.45, 2.75) is 52.6 Å². The van der Waals surface area contributed by atoms with Crippen molar-refractivity contribution < 1.29 is 0 Å². The average molecular weight is 230 g/mol. The van der Waals surface area contributed by atoms with E-state index in [-0.39, 0.29) is 11.1 Å². The molecular weight excluding hydrogens is 204 g/mol. The summed E-state index contributed by atoms with van der Waals surface area (Å²) in [5.74, 6) is 0.978. The van der Waals surface area contributed by atoms with Crippen LogP contribution in [0.1, 0.15) is 41.5 Å². The van der Waals surface area contributed by atoms with Crippen molar-refractivity contribution in [3.8, 4) is 0 Å². The zero-order chi connectivity index (χ0) is 12.1. The maximum Gasteiger partial charge on any atom is 0.119 e. The van der Waals surface area contributed by atoms with Crippen molar-refractivity contribution in [2.24, 2.45) is 0 Å². The molecule has 0 saturated heterocycles. The molecule has 0 aromatic carbocycles. The molecule has 0 aliphatic heterocycles. The van der Waals surface area contributed by atoms with Crippen LogP contribution >= 0.6 is 0 Å². The van der Waals surface area contributed by atoms with E-state index in [0.29, 0.717) is 0 Å². The van der Waals surface area contributed by atoms with Gasteiger partial charge in [0.25, 0.3) is 0 Å². The van der Waals surface area contributed by atoms with Crippen molar-refractivity contribution in [3.63, 3.8) is 0 Å². The first kappa shape index (κ1) is 14.5. The monoisotopic (exact) mass is 230 g/mol. The molecule has 0 bridgehead atoms. The molecule has 0 aliphatic carbocycles. The second-order valence-electron chi connectivity index (χ2n) is 5.70. The summed E-state index contributed by atoms with van der Waals surface area (Å²) < 4.78 is 0. The number of rotatable bonds is 4. The number of nitrogens with one attached hydrogen (secondary N) is 4. The highest BCUT2D eigenvalue weighted by atomic mass is 28.1. The van der Waals surface area contributed by atoms with E-state index >= 15 is 0 Å². The maximum atomic E-state index is 3.21. The first-order valence-electron chi connectivity index (χ1n) is 5.37. The fourth-order valence-corrected chi connectivity index (χ4v) is 0.974. The van der Waals surface area contributed by atoms with Crippen LogP contribution in [0.15, 0.2) is 11.5 Å². The van der Waals surface area contributed by atoms with Crippen LogP contribution in [0.4, 0.5) is 0 Å². The van der Waals surface area contributed by atoms with Gasteiger partial charge in [0.15, 0.2) is 0 Å². The van der Waals surface area contributed by atoms with E-state index in [1.165, 1.54) is 0 Å². The van der Waals surface area contributed by atoms with Gasteiger partial charge >= 0.3 is 0 Å². The SMILES string of the molecule is CC(C)(C)NNC(=C[SiH3])NNC(C)(C)C. The Morgan fingerprint density at radius 2 is 1.20 bits per heavy atom. The molecule has 0 aromatic heterocycles. The van der Waals surface area contributed by atoms with Crippen LogP contribution in [0.5, 0.6) is 0 Å². The predicted molar refractivity (Wildman–Crippen MR) is 70.1 cm³/mol. The molecule has 0 rings (SSSR count). The summed E-state index contributed by atoms with van der Waals surface area (Å²) >= 11 is 0. The predicted octanol–water partition coefficient (Wildman–Crippen LogP) is -0.0639.